The highest BCUT2D eigenvalue weighted by molar-refractivity contribution is 7.99. The lowest BCUT2D eigenvalue weighted by Gasteiger charge is -2.15. The van der Waals surface area contributed by atoms with Crippen molar-refractivity contribution < 1.29 is 14.5 Å². The zero-order valence-electron chi connectivity index (χ0n) is 15.8. The smallest absolute Gasteiger partial charge is 0.279 e. The van der Waals surface area contributed by atoms with Crippen LogP contribution < -0.4 is 15.5 Å². The summed E-state index contributed by atoms with van der Waals surface area (Å²) in [4.78, 5) is 27.3. The third-order valence-corrected chi connectivity index (χ3v) is 5.50. The molecule has 1 unspecified atom stereocenters. The van der Waals surface area contributed by atoms with Gasteiger partial charge in [0.2, 0.25) is 0 Å². The third-order valence-electron chi connectivity index (χ3n) is 3.76. The van der Waals surface area contributed by atoms with Crippen molar-refractivity contribution in [1.29, 1.82) is 5.26 Å². The molecule has 2 rings (SSSR count). The van der Waals surface area contributed by atoms with Gasteiger partial charge in [-0.15, -0.1) is 23.5 Å². The fourth-order valence-corrected chi connectivity index (χ4v) is 3.78. The first-order valence-corrected chi connectivity index (χ1v) is 10.9. The molecule has 3 N–H and O–H groups in total. The number of nitrogens with zero attached hydrogens (tertiary/aromatic N) is 1. The van der Waals surface area contributed by atoms with Crippen molar-refractivity contribution in [1.82, 2.24) is 0 Å². The van der Waals surface area contributed by atoms with Crippen molar-refractivity contribution in [2.75, 3.05) is 42.8 Å². The molecule has 0 bridgehead atoms. The summed E-state index contributed by atoms with van der Waals surface area (Å²) in [5.41, 5.74) is 1.46. The molecule has 0 heterocycles. The summed E-state index contributed by atoms with van der Waals surface area (Å²) in [6.45, 7) is 0.343. The van der Waals surface area contributed by atoms with Gasteiger partial charge in [0.25, 0.3) is 11.8 Å². The van der Waals surface area contributed by atoms with Gasteiger partial charge >= 0.3 is 0 Å². The first-order chi connectivity index (χ1) is 13.5. The fourth-order valence-electron chi connectivity index (χ4n) is 2.55. The van der Waals surface area contributed by atoms with Gasteiger partial charge in [0.15, 0.2) is 13.1 Å². The monoisotopic (exact) mass is 415 g/mol. The molecule has 8 heteroatoms. The van der Waals surface area contributed by atoms with Crippen LogP contribution in [0.4, 0.5) is 11.4 Å². The molecule has 0 fully saturated rings. The number of likely N-dealkylation sites (N-methyl/N-ethyl adjacent to an activating group) is 1. The topological polar surface area (TPSA) is 86.4 Å². The van der Waals surface area contributed by atoms with E-state index >= 15 is 0 Å². The maximum atomic E-state index is 12.3. The van der Waals surface area contributed by atoms with E-state index in [9.17, 15) is 9.59 Å². The molecular weight excluding hydrogens is 392 g/mol. The van der Waals surface area contributed by atoms with Crippen LogP contribution in [-0.4, -0.2) is 44.0 Å². The Bertz CT molecular complexity index is 867. The third kappa shape index (κ3) is 6.93. The minimum atomic E-state index is -0.181. The average molecular weight is 416 g/mol. The molecule has 0 aliphatic heterocycles. The Morgan fingerprint density at radius 1 is 0.964 bits per heavy atom. The zero-order chi connectivity index (χ0) is 20.4. The number of thioether (sulfide) groups is 2. The maximum Gasteiger partial charge on any atom is 0.279 e. The first kappa shape index (κ1) is 21.8. The molecule has 146 valence electrons. The molecule has 2 aromatic carbocycles. The number of carbonyl (C=O) groups excluding carboxylic acids is 2. The fraction of sp³-hybridized carbons (Fsp3) is 0.250. The number of hydrogen-bond acceptors (Lipinski definition) is 5. The Morgan fingerprint density at radius 3 is 2.00 bits per heavy atom. The Hall–Kier alpha value is -2.47. The number of benzene rings is 2. The van der Waals surface area contributed by atoms with Crippen molar-refractivity contribution in [3.8, 4) is 6.07 Å². The number of hydrogen-bond donors (Lipinski definition) is 3. The van der Waals surface area contributed by atoms with Crippen molar-refractivity contribution in [3.63, 3.8) is 0 Å². The van der Waals surface area contributed by atoms with Gasteiger partial charge in [-0.3, -0.25) is 9.59 Å². The van der Waals surface area contributed by atoms with Gasteiger partial charge in [0.05, 0.1) is 30.2 Å². The summed E-state index contributed by atoms with van der Waals surface area (Å²) in [7, 11) is 1.80. The Balaban J connectivity index is 1.87. The van der Waals surface area contributed by atoms with Crippen LogP contribution in [0, 0.1) is 11.3 Å². The Labute approximate surface area is 173 Å². The molecule has 0 aliphatic carbocycles. The highest BCUT2D eigenvalue weighted by atomic mass is 32.2. The van der Waals surface area contributed by atoms with Gasteiger partial charge in [-0.25, -0.2) is 0 Å². The number of para-hydroxylation sites is 2. The Morgan fingerprint density at radius 2 is 1.46 bits per heavy atom. The summed E-state index contributed by atoms with van der Waals surface area (Å²) in [6, 6.07) is 17.1. The van der Waals surface area contributed by atoms with E-state index in [0.717, 1.165) is 20.4 Å². The lowest BCUT2D eigenvalue weighted by Crippen LogP contribution is -3.11. The van der Waals surface area contributed by atoms with E-state index in [2.05, 4.69) is 16.7 Å². The quantitative estimate of drug-likeness (QED) is 0.546. The van der Waals surface area contributed by atoms with E-state index in [1.54, 1.807) is 24.9 Å². The molecule has 0 aliphatic rings. The molecule has 1 atom stereocenters. The SMILES string of the molecule is CSc1ccccc1NC(=O)C[NH+](C)CC(=O)Nc1ccccc1SCC#N. The number of quaternary nitrogens is 1. The van der Waals surface area contributed by atoms with Crippen molar-refractivity contribution >= 4 is 46.7 Å². The predicted octanol–water partition coefficient (Wildman–Crippen LogP) is 2.12. The molecular formula is C20H23N4O2S2+. The second kappa shape index (κ2) is 11.4. The lowest BCUT2D eigenvalue weighted by molar-refractivity contribution is -0.862. The average Bonchev–Trinajstić information content (AvgIpc) is 2.67. The van der Waals surface area contributed by atoms with Gasteiger partial charge in [-0.05, 0) is 30.5 Å². The number of carbonyl (C=O) groups is 2. The maximum absolute atomic E-state index is 12.3. The largest absolute Gasteiger partial charge is 0.322 e. The van der Waals surface area contributed by atoms with Crippen molar-refractivity contribution in [2.24, 2.45) is 0 Å². The number of anilines is 2. The second-order valence-electron chi connectivity index (χ2n) is 6.05. The molecule has 0 spiro atoms. The predicted molar refractivity (Wildman–Crippen MR) is 115 cm³/mol. The van der Waals surface area contributed by atoms with Gasteiger partial charge in [0.1, 0.15) is 0 Å². The van der Waals surface area contributed by atoms with E-state index in [1.165, 1.54) is 11.8 Å². The van der Waals surface area contributed by atoms with Gasteiger partial charge in [-0.1, -0.05) is 24.3 Å². The van der Waals surface area contributed by atoms with E-state index in [4.69, 9.17) is 5.26 Å². The second-order valence-corrected chi connectivity index (χ2v) is 7.92. The number of rotatable bonds is 9. The van der Waals surface area contributed by atoms with Crippen LogP contribution in [0.1, 0.15) is 0 Å². The Kier molecular flexibility index (Phi) is 8.88. The van der Waals surface area contributed by atoms with E-state index < -0.39 is 0 Å². The van der Waals surface area contributed by atoms with Crippen LogP contribution in [0.25, 0.3) is 0 Å². The summed E-state index contributed by atoms with van der Waals surface area (Å²) in [5.74, 6) is -0.00739. The highest BCUT2D eigenvalue weighted by Crippen LogP contribution is 2.26. The molecule has 6 nitrogen and oxygen atoms in total. The number of amides is 2. The minimum Gasteiger partial charge on any atom is -0.322 e. The van der Waals surface area contributed by atoms with Crippen LogP contribution in [0.3, 0.4) is 0 Å². The van der Waals surface area contributed by atoms with E-state index in [0.29, 0.717) is 11.4 Å². The first-order valence-electron chi connectivity index (χ1n) is 8.66. The van der Waals surface area contributed by atoms with Crippen LogP contribution in [0.2, 0.25) is 0 Å². The normalized spacial score (nSPS) is 11.3. The van der Waals surface area contributed by atoms with E-state index in [1.807, 2.05) is 48.7 Å². The molecule has 2 amide bonds. The minimum absolute atomic E-state index is 0.142. The molecule has 0 saturated heterocycles. The van der Waals surface area contributed by atoms with Crippen LogP contribution in [-0.2, 0) is 9.59 Å². The number of nitrogens with one attached hydrogen (secondary N) is 3. The summed E-state index contributed by atoms with van der Waals surface area (Å²) in [6.07, 6.45) is 1.96. The van der Waals surface area contributed by atoms with Crippen LogP contribution in [0.5, 0.6) is 0 Å². The standard InChI is InChI=1S/C20H22N4O2S2/c1-24(13-19(25)22-15-7-3-5-9-17(15)27-2)14-20(26)23-16-8-4-6-10-18(16)28-12-11-21/h3-10H,12-14H2,1-2H3,(H,22,25)(H,23,26)/p+1. The van der Waals surface area contributed by atoms with Gasteiger partial charge < -0.3 is 15.5 Å². The van der Waals surface area contributed by atoms with E-state index in [-0.39, 0.29) is 24.9 Å². The molecule has 2 aromatic rings. The molecule has 0 aromatic heterocycles. The highest BCUT2D eigenvalue weighted by Gasteiger charge is 2.16. The van der Waals surface area contributed by atoms with Gasteiger partial charge in [0, 0.05) is 9.79 Å². The zero-order valence-corrected chi connectivity index (χ0v) is 17.5. The van der Waals surface area contributed by atoms with Crippen LogP contribution >= 0.6 is 23.5 Å². The summed E-state index contributed by atoms with van der Waals surface area (Å²) >= 11 is 2.94. The lowest BCUT2D eigenvalue weighted by atomic mass is 10.3. The molecule has 0 radical (unpaired) electrons. The van der Waals surface area contributed by atoms with Gasteiger partial charge in [-0.2, -0.15) is 5.26 Å². The van der Waals surface area contributed by atoms with Crippen LogP contribution in [0.15, 0.2) is 58.3 Å². The molecule has 0 saturated carbocycles. The summed E-state index contributed by atoms with van der Waals surface area (Å²) < 4.78 is 0. The van der Waals surface area contributed by atoms with Crippen molar-refractivity contribution in [3.05, 3.63) is 48.5 Å². The number of nitriles is 1. The molecule has 28 heavy (non-hydrogen) atoms. The summed E-state index contributed by atoms with van der Waals surface area (Å²) in [5, 5.41) is 14.5. The van der Waals surface area contributed by atoms with Crippen molar-refractivity contribution in [2.45, 2.75) is 9.79 Å².